The fourth-order valence-electron chi connectivity index (χ4n) is 3.64. The minimum Gasteiger partial charge on any atom is -0.489 e. The number of rotatable bonds is 6. The van der Waals surface area contributed by atoms with Crippen LogP contribution in [0.3, 0.4) is 0 Å². The maximum atomic E-state index is 13.1. The number of fused-ring (bicyclic) bond motifs is 1. The molecule has 0 saturated heterocycles. The smallest absolute Gasteiger partial charge is 0.189 e. The van der Waals surface area contributed by atoms with Gasteiger partial charge in [-0.2, -0.15) is 0 Å². The predicted octanol–water partition coefficient (Wildman–Crippen LogP) is 6.02. The lowest BCUT2D eigenvalue weighted by Gasteiger charge is -2.32. The highest BCUT2D eigenvalue weighted by atomic mass is 32.1. The standard InChI is InChI=1S/C27H28FN3O2S/c1-17-5-6-18(2)23(13-17)29-26(34)31-30-24-15-27(3,4)33-25-12-11-21(14-22(24)25)32-16-19-7-9-20(28)10-8-19/h5-15,30H,16H2,1-4H3,(H2,29,31,34). The highest BCUT2D eigenvalue weighted by Gasteiger charge is 2.27. The van der Waals surface area contributed by atoms with E-state index in [2.05, 4.69) is 34.4 Å². The van der Waals surface area contributed by atoms with Crippen LogP contribution in [0.2, 0.25) is 0 Å². The second kappa shape index (κ2) is 9.73. The van der Waals surface area contributed by atoms with Gasteiger partial charge in [0.25, 0.3) is 0 Å². The Bertz CT molecular complexity index is 1240. The van der Waals surface area contributed by atoms with Gasteiger partial charge in [0.2, 0.25) is 0 Å². The van der Waals surface area contributed by atoms with Gasteiger partial charge in [-0.25, -0.2) is 4.39 Å². The highest BCUT2D eigenvalue weighted by molar-refractivity contribution is 7.80. The quantitative estimate of drug-likeness (QED) is 0.298. The number of hydrazine groups is 1. The molecule has 0 aromatic heterocycles. The summed E-state index contributed by atoms with van der Waals surface area (Å²) in [6.45, 7) is 8.39. The van der Waals surface area contributed by atoms with Crippen LogP contribution in [0, 0.1) is 19.7 Å². The number of anilines is 1. The van der Waals surface area contributed by atoms with Crippen LogP contribution in [0.4, 0.5) is 10.1 Å². The van der Waals surface area contributed by atoms with Gasteiger partial charge in [-0.3, -0.25) is 10.9 Å². The van der Waals surface area contributed by atoms with Gasteiger partial charge in [-0.15, -0.1) is 0 Å². The maximum Gasteiger partial charge on any atom is 0.189 e. The summed E-state index contributed by atoms with van der Waals surface area (Å²) < 4.78 is 25.2. The fourth-order valence-corrected chi connectivity index (χ4v) is 3.80. The van der Waals surface area contributed by atoms with E-state index in [0.29, 0.717) is 17.5 Å². The van der Waals surface area contributed by atoms with E-state index in [1.165, 1.54) is 12.1 Å². The summed E-state index contributed by atoms with van der Waals surface area (Å²) in [7, 11) is 0. The van der Waals surface area contributed by atoms with Crippen LogP contribution in [0.25, 0.3) is 5.70 Å². The van der Waals surface area contributed by atoms with Crippen LogP contribution in [0.15, 0.2) is 66.7 Å². The summed E-state index contributed by atoms with van der Waals surface area (Å²) >= 11 is 5.50. The van der Waals surface area contributed by atoms with Gasteiger partial charge in [-0.1, -0.05) is 24.3 Å². The minimum atomic E-state index is -0.504. The van der Waals surface area contributed by atoms with Gasteiger partial charge in [0.05, 0.1) is 5.70 Å². The molecule has 0 bridgehead atoms. The largest absolute Gasteiger partial charge is 0.489 e. The average Bonchev–Trinajstić information content (AvgIpc) is 2.79. The number of ether oxygens (including phenoxy) is 2. The molecule has 0 aliphatic carbocycles. The first-order valence-electron chi connectivity index (χ1n) is 11.0. The lowest BCUT2D eigenvalue weighted by atomic mass is 9.99. The summed E-state index contributed by atoms with van der Waals surface area (Å²) in [5, 5.41) is 3.69. The fraction of sp³-hybridized carbons (Fsp3) is 0.222. The van der Waals surface area contributed by atoms with Gasteiger partial charge in [0, 0.05) is 11.3 Å². The van der Waals surface area contributed by atoms with E-state index in [4.69, 9.17) is 21.7 Å². The van der Waals surface area contributed by atoms with Crippen molar-refractivity contribution in [2.75, 3.05) is 5.32 Å². The van der Waals surface area contributed by atoms with Crippen LogP contribution >= 0.6 is 12.2 Å². The Labute approximate surface area is 205 Å². The Balaban J connectivity index is 1.47. The number of benzene rings is 3. The van der Waals surface area contributed by atoms with Crippen LogP contribution < -0.4 is 25.6 Å². The molecule has 3 aromatic rings. The lowest BCUT2D eigenvalue weighted by molar-refractivity contribution is 0.157. The van der Waals surface area contributed by atoms with Gasteiger partial charge >= 0.3 is 0 Å². The van der Waals surface area contributed by atoms with Crippen molar-refractivity contribution in [1.29, 1.82) is 0 Å². The molecule has 1 heterocycles. The molecule has 1 aliphatic heterocycles. The molecule has 1 aliphatic rings. The second-order valence-electron chi connectivity index (χ2n) is 8.86. The van der Waals surface area contributed by atoms with Crippen LogP contribution in [-0.4, -0.2) is 10.7 Å². The Morgan fingerprint density at radius 2 is 1.79 bits per heavy atom. The Hall–Kier alpha value is -3.58. The molecule has 0 radical (unpaired) electrons. The summed E-state index contributed by atoms with van der Waals surface area (Å²) in [6.07, 6.45) is 1.99. The first-order chi connectivity index (χ1) is 16.2. The molecule has 0 spiro atoms. The summed E-state index contributed by atoms with van der Waals surface area (Å²) in [4.78, 5) is 0. The number of aryl methyl sites for hydroxylation is 2. The molecular formula is C27H28FN3O2S. The number of hydrogen-bond donors (Lipinski definition) is 3. The van der Waals surface area contributed by atoms with E-state index in [-0.39, 0.29) is 5.82 Å². The van der Waals surface area contributed by atoms with Crippen LogP contribution in [-0.2, 0) is 6.61 Å². The molecule has 5 nitrogen and oxygen atoms in total. The highest BCUT2D eigenvalue weighted by Crippen LogP contribution is 2.37. The zero-order chi connectivity index (χ0) is 24.3. The molecular weight excluding hydrogens is 449 g/mol. The Kier molecular flexibility index (Phi) is 6.75. The molecule has 3 N–H and O–H groups in total. The third-order valence-corrected chi connectivity index (χ3v) is 5.58. The average molecular weight is 478 g/mol. The van der Waals surface area contributed by atoms with E-state index in [0.717, 1.165) is 39.4 Å². The summed E-state index contributed by atoms with van der Waals surface area (Å²) in [6, 6.07) is 18.1. The molecule has 34 heavy (non-hydrogen) atoms. The van der Waals surface area contributed by atoms with Crippen molar-refractivity contribution in [3.8, 4) is 11.5 Å². The SMILES string of the molecule is Cc1ccc(C)c(NC(=S)NNC2=CC(C)(C)Oc3ccc(OCc4ccc(F)cc4)cc32)c1. The topological polar surface area (TPSA) is 54.5 Å². The van der Waals surface area contributed by atoms with Crippen molar-refractivity contribution in [1.82, 2.24) is 10.9 Å². The maximum absolute atomic E-state index is 13.1. The molecule has 7 heteroatoms. The van der Waals surface area contributed by atoms with Crippen molar-refractivity contribution in [3.05, 3.63) is 94.8 Å². The number of nitrogens with one attached hydrogen (secondary N) is 3. The third kappa shape index (κ3) is 5.85. The molecule has 0 fully saturated rings. The van der Waals surface area contributed by atoms with Crippen molar-refractivity contribution in [3.63, 3.8) is 0 Å². The molecule has 0 amide bonds. The number of thiocarbonyl (C=S) groups is 1. The normalized spacial score (nSPS) is 13.7. The summed E-state index contributed by atoms with van der Waals surface area (Å²) in [5.74, 6) is 1.14. The molecule has 176 valence electrons. The van der Waals surface area contributed by atoms with E-state index < -0.39 is 5.60 Å². The second-order valence-corrected chi connectivity index (χ2v) is 9.27. The number of halogens is 1. The lowest BCUT2D eigenvalue weighted by Crippen LogP contribution is -2.41. The summed E-state index contributed by atoms with van der Waals surface area (Å²) in [5.41, 5.74) is 11.6. The monoisotopic (exact) mass is 477 g/mol. The molecule has 0 saturated carbocycles. The minimum absolute atomic E-state index is 0.268. The van der Waals surface area contributed by atoms with Crippen LogP contribution in [0.5, 0.6) is 11.5 Å². The molecule has 0 atom stereocenters. The first-order valence-corrected chi connectivity index (χ1v) is 11.4. The van der Waals surface area contributed by atoms with E-state index >= 15 is 0 Å². The molecule has 3 aromatic carbocycles. The van der Waals surface area contributed by atoms with Crippen molar-refractivity contribution >= 4 is 28.7 Å². The Morgan fingerprint density at radius 1 is 1.03 bits per heavy atom. The van der Waals surface area contributed by atoms with Crippen molar-refractivity contribution in [2.24, 2.45) is 0 Å². The zero-order valence-corrected chi connectivity index (χ0v) is 20.5. The zero-order valence-electron chi connectivity index (χ0n) is 19.7. The molecule has 0 unspecified atom stereocenters. The third-order valence-electron chi connectivity index (χ3n) is 5.38. The first kappa shape index (κ1) is 23.6. The Morgan fingerprint density at radius 3 is 2.56 bits per heavy atom. The predicted molar refractivity (Wildman–Crippen MR) is 138 cm³/mol. The van der Waals surface area contributed by atoms with Crippen molar-refractivity contribution in [2.45, 2.75) is 39.9 Å². The van der Waals surface area contributed by atoms with Gasteiger partial charge in [0.15, 0.2) is 5.11 Å². The van der Waals surface area contributed by atoms with E-state index in [9.17, 15) is 4.39 Å². The van der Waals surface area contributed by atoms with Crippen LogP contribution in [0.1, 0.15) is 36.1 Å². The number of hydrogen-bond acceptors (Lipinski definition) is 4. The van der Waals surface area contributed by atoms with Gasteiger partial charge < -0.3 is 14.8 Å². The van der Waals surface area contributed by atoms with Crippen molar-refractivity contribution < 1.29 is 13.9 Å². The van der Waals surface area contributed by atoms with Gasteiger partial charge in [-0.05, 0) is 99.1 Å². The van der Waals surface area contributed by atoms with E-state index in [1.54, 1.807) is 12.1 Å². The van der Waals surface area contributed by atoms with E-state index in [1.807, 2.05) is 52.0 Å². The molecule has 4 rings (SSSR count). The van der Waals surface area contributed by atoms with Gasteiger partial charge in [0.1, 0.15) is 29.5 Å².